The molecule has 1 aromatic heterocycles. The summed E-state index contributed by atoms with van der Waals surface area (Å²) < 4.78 is 13.1. The number of aromatic nitrogens is 2. The van der Waals surface area contributed by atoms with Gasteiger partial charge in [0.1, 0.15) is 11.4 Å². The molecule has 16 heavy (non-hydrogen) atoms. The maximum absolute atomic E-state index is 13.1. The van der Waals surface area contributed by atoms with Crippen molar-refractivity contribution in [3.8, 4) is 11.3 Å². The van der Waals surface area contributed by atoms with Crippen molar-refractivity contribution in [1.82, 2.24) is 10.2 Å². The summed E-state index contributed by atoms with van der Waals surface area (Å²) in [5, 5.41) is 15.2. The first-order chi connectivity index (χ1) is 7.59. The van der Waals surface area contributed by atoms with E-state index in [4.69, 9.17) is 5.11 Å². The van der Waals surface area contributed by atoms with E-state index in [2.05, 4.69) is 10.2 Å². The maximum atomic E-state index is 13.1. The number of hydrogen-bond donors (Lipinski definition) is 2. The van der Waals surface area contributed by atoms with E-state index < -0.39 is 5.97 Å². The molecule has 5 heteroatoms. The summed E-state index contributed by atoms with van der Waals surface area (Å²) in [5.41, 5.74) is 1.53. The zero-order chi connectivity index (χ0) is 11.7. The van der Waals surface area contributed by atoms with Crippen LogP contribution in [0.4, 0.5) is 4.39 Å². The lowest BCUT2D eigenvalue weighted by Crippen LogP contribution is -1.97. The fraction of sp³-hybridized carbons (Fsp3) is 0.0909. The third kappa shape index (κ3) is 1.67. The van der Waals surface area contributed by atoms with Crippen LogP contribution in [0.2, 0.25) is 0 Å². The molecule has 1 aromatic carbocycles. The van der Waals surface area contributed by atoms with E-state index in [1.165, 1.54) is 18.3 Å². The van der Waals surface area contributed by atoms with Gasteiger partial charge in [0.05, 0.1) is 11.9 Å². The van der Waals surface area contributed by atoms with Gasteiger partial charge in [-0.15, -0.1) is 0 Å². The van der Waals surface area contributed by atoms with E-state index in [1.54, 1.807) is 13.0 Å². The molecule has 0 amide bonds. The summed E-state index contributed by atoms with van der Waals surface area (Å²) in [6.45, 7) is 1.62. The van der Waals surface area contributed by atoms with Crippen molar-refractivity contribution < 1.29 is 14.3 Å². The Hall–Kier alpha value is -2.17. The Balaban J connectivity index is 2.54. The molecular weight excluding hydrogens is 211 g/mol. The minimum atomic E-state index is -1.06. The number of hydrogen-bond acceptors (Lipinski definition) is 2. The van der Waals surface area contributed by atoms with Gasteiger partial charge in [-0.1, -0.05) is 0 Å². The Morgan fingerprint density at radius 2 is 2.25 bits per heavy atom. The zero-order valence-electron chi connectivity index (χ0n) is 8.49. The topological polar surface area (TPSA) is 66.0 Å². The largest absolute Gasteiger partial charge is 0.478 e. The van der Waals surface area contributed by atoms with Crippen molar-refractivity contribution >= 4 is 5.97 Å². The number of nitrogens with zero attached hydrogens (tertiary/aromatic N) is 1. The second-order valence-electron chi connectivity index (χ2n) is 3.43. The normalized spacial score (nSPS) is 10.4. The molecule has 2 aromatic rings. The summed E-state index contributed by atoms with van der Waals surface area (Å²) in [5.74, 6) is -1.38. The highest BCUT2D eigenvalue weighted by atomic mass is 19.1. The molecule has 0 saturated carbocycles. The number of nitrogens with one attached hydrogen (secondary N) is 1. The molecule has 0 fully saturated rings. The number of aromatic amines is 1. The van der Waals surface area contributed by atoms with Crippen LogP contribution in [0.3, 0.4) is 0 Å². The van der Waals surface area contributed by atoms with Crippen molar-refractivity contribution in [1.29, 1.82) is 0 Å². The Morgan fingerprint density at radius 3 is 2.88 bits per heavy atom. The standard InChI is InChI=1S/C11H9FN2O2/c1-6-4-7(2-3-9(6)12)10-8(11(15)16)5-13-14-10/h2-5H,1H3,(H,13,14)(H,15,16). The maximum Gasteiger partial charge on any atom is 0.339 e. The highest BCUT2D eigenvalue weighted by Gasteiger charge is 2.14. The molecular formula is C11H9FN2O2. The highest BCUT2D eigenvalue weighted by Crippen LogP contribution is 2.23. The molecule has 0 spiro atoms. The number of aryl methyl sites for hydroxylation is 1. The summed E-state index contributed by atoms with van der Waals surface area (Å²) in [7, 11) is 0. The second kappa shape index (κ2) is 3.77. The molecule has 82 valence electrons. The fourth-order valence-corrected chi connectivity index (χ4v) is 1.47. The molecule has 0 aliphatic carbocycles. The molecule has 4 nitrogen and oxygen atoms in total. The van der Waals surface area contributed by atoms with Gasteiger partial charge in [0, 0.05) is 5.56 Å². The molecule has 2 rings (SSSR count). The highest BCUT2D eigenvalue weighted by molar-refractivity contribution is 5.94. The SMILES string of the molecule is Cc1cc(-c2[nH]ncc2C(=O)O)ccc1F. The van der Waals surface area contributed by atoms with Crippen LogP contribution < -0.4 is 0 Å². The second-order valence-corrected chi connectivity index (χ2v) is 3.43. The fourth-order valence-electron chi connectivity index (χ4n) is 1.47. The van der Waals surface area contributed by atoms with Crippen LogP contribution in [-0.4, -0.2) is 21.3 Å². The van der Waals surface area contributed by atoms with Gasteiger partial charge in [0.15, 0.2) is 0 Å². The van der Waals surface area contributed by atoms with Gasteiger partial charge < -0.3 is 5.11 Å². The summed E-state index contributed by atoms with van der Waals surface area (Å²) in [6, 6.07) is 4.40. The van der Waals surface area contributed by atoms with Gasteiger partial charge in [0.2, 0.25) is 0 Å². The number of H-pyrrole nitrogens is 1. The van der Waals surface area contributed by atoms with Crippen molar-refractivity contribution in [2.75, 3.05) is 0 Å². The van der Waals surface area contributed by atoms with Crippen LogP contribution in [0.5, 0.6) is 0 Å². The lowest BCUT2D eigenvalue weighted by Gasteiger charge is -2.02. The molecule has 0 saturated heterocycles. The van der Waals surface area contributed by atoms with Gasteiger partial charge in [0.25, 0.3) is 0 Å². The Morgan fingerprint density at radius 1 is 1.50 bits per heavy atom. The molecule has 0 aliphatic rings. The van der Waals surface area contributed by atoms with Gasteiger partial charge >= 0.3 is 5.97 Å². The van der Waals surface area contributed by atoms with E-state index in [-0.39, 0.29) is 11.4 Å². The average molecular weight is 220 g/mol. The van der Waals surface area contributed by atoms with Crippen LogP contribution in [0.1, 0.15) is 15.9 Å². The molecule has 1 heterocycles. The van der Waals surface area contributed by atoms with Crippen LogP contribution >= 0.6 is 0 Å². The third-order valence-electron chi connectivity index (χ3n) is 2.32. The summed E-state index contributed by atoms with van der Waals surface area (Å²) in [4.78, 5) is 10.9. The Labute approximate surface area is 90.7 Å². The van der Waals surface area contributed by atoms with Crippen LogP contribution in [0, 0.1) is 12.7 Å². The Bertz CT molecular complexity index is 549. The summed E-state index contributed by atoms with van der Waals surface area (Å²) in [6.07, 6.45) is 1.23. The van der Waals surface area contributed by atoms with Crippen molar-refractivity contribution in [2.24, 2.45) is 0 Å². The smallest absolute Gasteiger partial charge is 0.339 e. The average Bonchev–Trinajstić information content (AvgIpc) is 2.71. The number of rotatable bonds is 2. The van der Waals surface area contributed by atoms with Gasteiger partial charge in [-0.3, -0.25) is 5.10 Å². The molecule has 0 aliphatic heterocycles. The first-order valence-electron chi connectivity index (χ1n) is 4.63. The number of halogens is 1. The predicted octanol–water partition coefficient (Wildman–Crippen LogP) is 2.22. The van der Waals surface area contributed by atoms with Crippen LogP contribution in [-0.2, 0) is 0 Å². The lowest BCUT2D eigenvalue weighted by atomic mass is 10.1. The predicted molar refractivity (Wildman–Crippen MR) is 55.7 cm³/mol. The van der Waals surface area contributed by atoms with Crippen molar-refractivity contribution in [3.63, 3.8) is 0 Å². The number of carbonyl (C=O) groups is 1. The molecule has 0 bridgehead atoms. The summed E-state index contributed by atoms with van der Waals surface area (Å²) >= 11 is 0. The lowest BCUT2D eigenvalue weighted by molar-refractivity contribution is 0.0698. The van der Waals surface area contributed by atoms with E-state index in [9.17, 15) is 9.18 Å². The van der Waals surface area contributed by atoms with Gasteiger partial charge in [-0.25, -0.2) is 9.18 Å². The number of carboxylic acid groups (broad SMARTS) is 1. The van der Waals surface area contributed by atoms with Crippen LogP contribution in [0.25, 0.3) is 11.3 Å². The third-order valence-corrected chi connectivity index (χ3v) is 2.32. The minimum Gasteiger partial charge on any atom is -0.478 e. The molecule has 0 unspecified atom stereocenters. The number of carboxylic acids is 1. The number of benzene rings is 1. The van der Waals surface area contributed by atoms with E-state index in [0.717, 1.165) is 0 Å². The zero-order valence-corrected chi connectivity index (χ0v) is 8.49. The molecule has 0 atom stereocenters. The Kier molecular flexibility index (Phi) is 2.44. The minimum absolute atomic E-state index is 0.0750. The van der Waals surface area contributed by atoms with E-state index >= 15 is 0 Å². The monoisotopic (exact) mass is 220 g/mol. The van der Waals surface area contributed by atoms with E-state index in [1.807, 2.05) is 0 Å². The van der Waals surface area contributed by atoms with Crippen LogP contribution in [0.15, 0.2) is 24.4 Å². The van der Waals surface area contributed by atoms with Gasteiger partial charge in [-0.2, -0.15) is 5.10 Å². The van der Waals surface area contributed by atoms with E-state index in [0.29, 0.717) is 16.8 Å². The first-order valence-corrected chi connectivity index (χ1v) is 4.63. The first kappa shape index (κ1) is 10.4. The van der Waals surface area contributed by atoms with Gasteiger partial charge in [-0.05, 0) is 30.7 Å². The van der Waals surface area contributed by atoms with Crippen molar-refractivity contribution in [3.05, 3.63) is 41.3 Å². The number of aromatic carboxylic acids is 1. The molecule has 2 N–H and O–H groups in total. The molecule has 0 radical (unpaired) electrons. The van der Waals surface area contributed by atoms with Crippen molar-refractivity contribution in [2.45, 2.75) is 6.92 Å². The quantitative estimate of drug-likeness (QED) is 0.815.